The summed E-state index contributed by atoms with van der Waals surface area (Å²) in [6.07, 6.45) is 21.6. The predicted molar refractivity (Wildman–Crippen MR) is 166 cm³/mol. The summed E-state index contributed by atoms with van der Waals surface area (Å²) in [4.78, 5) is 29.0. The molecular weight excluding hydrogens is 532 g/mol. The molecule has 0 saturated carbocycles. The summed E-state index contributed by atoms with van der Waals surface area (Å²) >= 11 is 0.999. The molecule has 0 spiro atoms. The summed E-state index contributed by atoms with van der Waals surface area (Å²) < 4.78 is 7.22. The highest BCUT2D eigenvalue weighted by Crippen LogP contribution is 2.28. The van der Waals surface area contributed by atoms with Gasteiger partial charge in [0, 0.05) is 30.1 Å². The fourth-order valence-electron chi connectivity index (χ4n) is 4.75. The molecule has 0 fully saturated rings. The third-order valence-corrected chi connectivity index (χ3v) is 7.96. The summed E-state index contributed by atoms with van der Waals surface area (Å²) in [5.41, 5.74) is 1.70. The zero-order valence-electron chi connectivity index (χ0n) is 24.6. The number of benzene rings is 1. The van der Waals surface area contributed by atoms with E-state index in [4.69, 9.17) is 4.74 Å². The minimum atomic E-state index is -0.323. The van der Waals surface area contributed by atoms with Crippen molar-refractivity contribution in [2.75, 3.05) is 6.61 Å². The van der Waals surface area contributed by atoms with Crippen LogP contribution in [-0.4, -0.2) is 37.4 Å². The Balaban J connectivity index is 1.27. The maximum atomic E-state index is 12.7. The number of pyridine rings is 1. The number of para-hydroxylation sites is 1. The van der Waals surface area contributed by atoms with Gasteiger partial charge in [-0.3, -0.25) is 19.1 Å². The van der Waals surface area contributed by atoms with Crippen LogP contribution in [0.3, 0.4) is 0 Å². The third kappa shape index (κ3) is 12.6. The van der Waals surface area contributed by atoms with E-state index in [1.54, 1.807) is 12.4 Å². The number of thioether (sulfide) groups is 1. The van der Waals surface area contributed by atoms with Crippen molar-refractivity contribution in [1.82, 2.24) is 19.7 Å². The molecule has 0 aliphatic heterocycles. The van der Waals surface area contributed by atoms with E-state index in [1.807, 2.05) is 47.0 Å². The first-order chi connectivity index (χ1) is 20.2. The van der Waals surface area contributed by atoms with Gasteiger partial charge in [0.05, 0.1) is 13.0 Å². The molecule has 0 atom stereocenters. The van der Waals surface area contributed by atoms with Gasteiger partial charge in [0.15, 0.2) is 10.9 Å². The maximum Gasteiger partial charge on any atom is 0.306 e. The van der Waals surface area contributed by atoms with Gasteiger partial charge in [-0.15, -0.1) is 10.2 Å². The summed E-state index contributed by atoms with van der Waals surface area (Å²) in [7, 11) is 0. The third-order valence-electron chi connectivity index (χ3n) is 7.09. The molecule has 2 heterocycles. The number of esters is 1. The number of nitrogens with zero attached hydrogens (tertiary/aromatic N) is 4. The van der Waals surface area contributed by atoms with Gasteiger partial charge in [0.1, 0.15) is 0 Å². The molecular formula is C33H46N4O3S. The lowest BCUT2D eigenvalue weighted by molar-refractivity contribution is -0.144. The number of carbonyl (C=O) groups is 2. The molecule has 7 nitrogen and oxygen atoms in total. The second kappa shape index (κ2) is 20.0. The minimum Gasteiger partial charge on any atom is -0.466 e. The molecule has 0 N–H and O–H groups in total. The maximum absolute atomic E-state index is 12.7. The van der Waals surface area contributed by atoms with Gasteiger partial charge in [-0.1, -0.05) is 109 Å². The van der Waals surface area contributed by atoms with E-state index in [0.29, 0.717) is 17.6 Å². The quantitative estimate of drug-likeness (QED) is 0.0709. The zero-order valence-corrected chi connectivity index (χ0v) is 25.5. The molecule has 0 bridgehead atoms. The molecule has 1 aromatic carbocycles. The van der Waals surface area contributed by atoms with Gasteiger partial charge < -0.3 is 4.74 Å². The molecule has 0 amide bonds. The Morgan fingerprint density at radius 3 is 1.93 bits per heavy atom. The van der Waals surface area contributed by atoms with Crippen LogP contribution in [0.5, 0.6) is 0 Å². The molecule has 0 saturated heterocycles. The van der Waals surface area contributed by atoms with Gasteiger partial charge in [0.25, 0.3) is 0 Å². The number of ether oxygens (including phenoxy) is 1. The smallest absolute Gasteiger partial charge is 0.306 e. The SMILES string of the molecule is CCCCCCCCCCCCCCCCOC(=O)CCC(=O)Sc1nnc(-c2ccncc2)n1-c1ccccc1. The van der Waals surface area contributed by atoms with Crippen LogP contribution >= 0.6 is 11.8 Å². The van der Waals surface area contributed by atoms with E-state index < -0.39 is 0 Å². The van der Waals surface area contributed by atoms with Gasteiger partial charge in [-0.2, -0.15) is 0 Å². The number of carbonyl (C=O) groups excluding carboxylic acids is 2. The molecule has 222 valence electrons. The van der Waals surface area contributed by atoms with E-state index in [2.05, 4.69) is 22.1 Å². The highest BCUT2D eigenvalue weighted by molar-refractivity contribution is 8.13. The summed E-state index contributed by atoms with van der Waals surface area (Å²) in [6, 6.07) is 13.4. The van der Waals surface area contributed by atoms with Crippen LogP contribution in [0.15, 0.2) is 60.0 Å². The number of aromatic nitrogens is 4. The van der Waals surface area contributed by atoms with Gasteiger partial charge in [0.2, 0.25) is 5.16 Å². The van der Waals surface area contributed by atoms with Crippen LogP contribution in [-0.2, 0) is 14.3 Å². The first-order valence-electron chi connectivity index (χ1n) is 15.5. The lowest BCUT2D eigenvalue weighted by Gasteiger charge is -2.10. The van der Waals surface area contributed by atoms with Crippen LogP contribution in [0.2, 0.25) is 0 Å². The van der Waals surface area contributed by atoms with E-state index in [1.165, 1.54) is 77.0 Å². The van der Waals surface area contributed by atoms with Crippen LogP contribution in [0.1, 0.15) is 110 Å². The molecule has 8 heteroatoms. The Kier molecular flexibility index (Phi) is 15.8. The fourth-order valence-corrected chi connectivity index (χ4v) is 5.52. The molecule has 3 aromatic rings. The standard InChI is InChI=1S/C33H46N4O3S/c1-2-3-4-5-6-7-8-9-10-11-12-13-14-18-27-40-30(38)21-22-31(39)41-33-36-35-32(28-23-25-34-26-24-28)37(33)29-19-16-15-17-20-29/h15-17,19-20,23-26H,2-14,18,21-22,27H2,1H3. The second-order valence-electron chi connectivity index (χ2n) is 10.5. The second-order valence-corrected chi connectivity index (χ2v) is 11.5. The molecule has 3 rings (SSSR count). The van der Waals surface area contributed by atoms with E-state index in [-0.39, 0.29) is 23.9 Å². The van der Waals surface area contributed by atoms with Crippen molar-refractivity contribution in [1.29, 1.82) is 0 Å². The van der Waals surface area contributed by atoms with Gasteiger partial charge >= 0.3 is 5.97 Å². The topological polar surface area (TPSA) is 87.0 Å². The van der Waals surface area contributed by atoms with Crippen molar-refractivity contribution in [2.24, 2.45) is 0 Å². The largest absolute Gasteiger partial charge is 0.466 e. The minimum absolute atomic E-state index is 0.0706. The van der Waals surface area contributed by atoms with Crippen molar-refractivity contribution >= 4 is 22.8 Å². The van der Waals surface area contributed by atoms with Gasteiger partial charge in [-0.25, -0.2) is 0 Å². The summed E-state index contributed by atoms with van der Waals surface area (Å²) in [6.45, 7) is 2.69. The number of rotatable bonds is 21. The van der Waals surface area contributed by atoms with E-state index >= 15 is 0 Å². The van der Waals surface area contributed by atoms with Crippen LogP contribution in [0.4, 0.5) is 0 Å². The Hall–Kier alpha value is -3.00. The van der Waals surface area contributed by atoms with Crippen molar-refractivity contribution < 1.29 is 14.3 Å². The normalized spacial score (nSPS) is 11.0. The number of unbranched alkanes of at least 4 members (excludes halogenated alkanes) is 13. The van der Waals surface area contributed by atoms with Gasteiger partial charge in [-0.05, 0) is 42.4 Å². The lowest BCUT2D eigenvalue weighted by atomic mass is 10.0. The Morgan fingerprint density at radius 1 is 0.732 bits per heavy atom. The van der Waals surface area contributed by atoms with Crippen molar-refractivity contribution in [3.63, 3.8) is 0 Å². The predicted octanol–water partition coefficient (Wildman–Crippen LogP) is 8.75. The molecule has 0 unspecified atom stereocenters. The average molecular weight is 579 g/mol. The Labute approximate surface area is 249 Å². The molecule has 41 heavy (non-hydrogen) atoms. The van der Waals surface area contributed by atoms with E-state index in [0.717, 1.165) is 35.9 Å². The van der Waals surface area contributed by atoms with E-state index in [9.17, 15) is 9.59 Å². The highest BCUT2D eigenvalue weighted by Gasteiger charge is 2.19. The highest BCUT2D eigenvalue weighted by atomic mass is 32.2. The van der Waals surface area contributed by atoms with Crippen molar-refractivity contribution in [3.05, 3.63) is 54.9 Å². The first-order valence-corrected chi connectivity index (χ1v) is 16.3. The number of hydrogen-bond acceptors (Lipinski definition) is 7. The van der Waals surface area contributed by atoms with Crippen molar-refractivity contribution in [3.8, 4) is 17.1 Å². The lowest BCUT2D eigenvalue weighted by Crippen LogP contribution is -2.08. The summed E-state index contributed by atoms with van der Waals surface area (Å²) in [5, 5.41) is 8.93. The average Bonchev–Trinajstić information content (AvgIpc) is 3.42. The van der Waals surface area contributed by atoms with Crippen LogP contribution in [0, 0.1) is 0 Å². The van der Waals surface area contributed by atoms with Crippen LogP contribution < -0.4 is 0 Å². The molecule has 0 radical (unpaired) electrons. The Morgan fingerprint density at radius 2 is 1.32 bits per heavy atom. The number of hydrogen-bond donors (Lipinski definition) is 0. The monoisotopic (exact) mass is 578 g/mol. The van der Waals surface area contributed by atoms with Crippen molar-refractivity contribution in [2.45, 2.75) is 115 Å². The zero-order chi connectivity index (χ0) is 29.0. The molecule has 0 aliphatic carbocycles. The molecule has 2 aromatic heterocycles. The molecule has 0 aliphatic rings. The fraction of sp³-hybridized carbons (Fsp3) is 0.545. The van der Waals surface area contributed by atoms with Crippen LogP contribution in [0.25, 0.3) is 17.1 Å². The first kappa shape index (κ1) is 32.5. The Bertz CT molecular complexity index is 1140. The summed E-state index contributed by atoms with van der Waals surface area (Å²) in [5.74, 6) is 0.303.